The summed E-state index contributed by atoms with van der Waals surface area (Å²) in [4.78, 5) is 24.7. The largest absolute Gasteiger partial charge is 0.507 e. The van der Waals surface area contributed by atoms with Gasteiger partial charge in [-0.15, -0.1) is 0 Å². The number of benzene rings is 1. The Morgan fingerprint density at radius 3 is 2.59 bits per heavy atom. The van der Waals surface area contributed by atoms with E-state index in [1.807, 2.05) is 0 Å². The first kappa shape index (κ1) is 21.4. The Morgan fingerprint density at radius 1 is 1.22 bits per heavy atom. The summed E-state index contributed by atoms with van der Waals surface area (Å²) in [6.45, 7) is 1.65. The molecule has 0 saturated heterocycles. The van der Waals surface area contributed by atoms with Gasteiger partial charge in [-0.05, 0) is 47.6 Å². The van der Waals surface area contributed by atoms with Crippen molar-refractivity contribution in [3.05, 3.63) is 39.0 Å². The van der Waals surface area contributed by atoms with Crippen molar-refractivity contribution in [2.75, 3.05) is 7.11 Å². The van der Waals surface area contributed by atoms with Crippen molar-refractivity contribution in [1.82, 2.24) is 0 Å². The molecule has 0 bridgehead atoms. The number of methoxy groups -OCH3 is 1. The number of aromatic hydroxyl groups is 1. The lowest BCUT2D eigenvalue weighted by Gasteiger charge is -2.17. The Hall–Kier alpha value is -1.91. The van der Waals surface area contributed by atoms with E-state index < -0.39 is 30.1 Å². The Balaban J connectivity index is 2.48. The fraction of sp³-hybridized carbons (Fsp3) is 0.368. The molecule has 0 radical (unpaired) electrons. The van der Waals surface area contributed by atoms with Gasteiger partial charge in [-0.2, -0.15) is 0 Å². The molecule has 0 spiro atoms. The van der Waals surface area contributed by atoms with Crippen LogP contribution in [0.25, 0.3) is 6.08 Å². The van der Waals surface area contributed by atoms with Gasteiger partial charge in [0.15, 0.2) is 5.78 Å². The van der Waals surface area contributed by atoms with Crippen molar-refractivity contribution >= 4 is 40.4 Å². The zero-order chi connectivity index (χ0) is 20.1. The number of carbonyl (C=O) groups is 2. The number of hydrogen-bond donors (Lipinski definition) is 3. The zero-order valence-corrected chi connectivity index (χ0v) is 17.0. The molecule has 8 heteroatoms. The Labute approximate surface area is 170 Å². The number of halogens is 1. The summed E-state index contributed by atoms with van der Waals surface area (Å²) in [5.74, 6) is -1.26. The van der Waals surface area contributed by atoms with Crippen molar-refractivity contribution in [3.63, 3.8) is 0 Å². The van der Waals surface area contributed by atoms with Gasteiger partial charge in [0, 0.05) is 12.5 Å². The van der Waals surface area contributed by atoms with Crippen molar-refractivity contribution in [2.24, 2.45) is 0 Å². The first-order chi connectivity index (χ1) is 12.7. The summed E-state index contributed by atoms with van der Waals surface area (Å²) in [7, 11) is 1.42. The van der Waals surface area contributed by atoms with Crippen LogP contribution in [0.4, 0.5) is 0 Å². The highest BCUT2D eigenvalue weighted by Crippen LogP contribution is 2.30. The number of fused-ring (bicyclic) bond motifs is 1. The average Bonchev–Trinajstić information content (AvgIpc) is 2.63. The lowest BCUT2D eigenvalue weighted by molar-refractivity contribution is -0.127. The summed E-state index contributed by atoms with van der Waals surface area (Å²) >= 11 is 1.78. The molecule has 0 amide bonds. The SMILES string of the molecule is COc1cc(O)c2c(c1)/C=C/CC(O)[C@@H](O)C(=O)/C(I)=C\CC(C)OC2=O. The van der Waals surface area contributed by atoms with Gasteiger partial charge >= 0.3 is 5.97 Å². The first-order valence-electron chi connectivity index (χ1n) is 8.29. The number of aliphatic hydroxyl groups excluding tert-OH is 2. The summed E-state index contributed by atoms with van der Waals surface area (Å²) < 4.78 is 10.7. The molecule has 146 valence electrons. The third-order valence-electron chi connectivity index (χ3n) is 4.04. The number of rotatable bonds is 1. The molecule has 2 unspecified atom stereocenters. The molecule has 1 aromatic carbocycles. The number of ether oxygens (including phenoxy) is 2. The van der Waals surface area contributed by atoms with Crippen LogP contribution in [0.15, 0.2) is 27.9 Å². The fourth-order valence-electron chi connectivity index (χ4n) is 2.53. The number of cyclic esters (lactones) is 1. The van der Waals surface area contributed by atoms with E-state index in [1.54, 1.807) is 35.6 Å². The quantitative estimate of drug-likeness (QED) is 0.411. The van der Waals surface area contributed by atoms with Gasteiger partial charge in [0.25, 0.3) is 0 Å². The monoisotopic (exact) mass is 488 g/mol. The van der Waals surface area contributed by atoms with Crippen molar-refractivity contribution < 1.29 is 34.4 Å². The molecule has 0 aliphatic carbocycles. The highest BCUT2D eigenvalue weighted by atomic mass is 127. The van der Waals surface area contributed by atoms with Crippen molar-refractivity contribution in [2.45, 2.75) is 38.1 Å². The van der Waals surface area contributed by atoms with Crippen LogP contribution in [0, 0.1) is 0 Å². The Morgan fingerprint density at radius 2 is 1.93 bits per heavy atom. The fourth-order valence-corrected chi connectivity index (χ4v) is 3.11. The molecule has 0 fully saturated rings. The molecular weight excluding hydrogens is 467 g/mol. The summed E-state index contributed by atoms with van der Waals surface area (Å²) in [5, 5.41) is 30.3. The number of ketones is 1. The zero-order valence-electron chi connectivity index (χ0n) is 14.9. The predicted molar refractivity (Wildman–Crippen MR) is 107 cm³/mol. The first-order valence-corrected chi connectivity index (χ1v) is 9.37. The molecule has 1 aliphatic rings. The topological polar surface area (TPSA) is 113 Å². The molecule has 7 nitrogen and oxygen atoms in total. The van der Waals surface area contributed by atoms with E-state index in [9.17, 15) is 24.9 Å². The summed E-state index contributed by atoms with van der Waals surface area (Å²) in [6.07, 6.45) is 1.30. The minimum Gasteiger partial charge on any atom is -0.507 e. The van der Waals surface area contributed by atoms with E-state index in [0.29, 0.717) is 11.3 Å². The second-order valence-corrected chi connectivity index (χ2v) is 7.29. The normalized spacial score (nSPS) is 27.6. The van der Waals surface area contributed by atoms with Crippen LogP contribution in [-0.2, 0) is 9.53 Å². The highest BCUT2D eigenvalue weighted by Gasteiger charge is 2.26. The summed E-state index contributed by atoms with van der Waals surface area (Å²) in [5.41, 5.74) is 0.306. The van der Waals surface area contributed by atoms with Crippen LogP contribution in [0.1, 0.15) is 35.7 Å². The maximum atomic E-state index is 12.5. The minimum atomic E-state index is -1.56. The molecule has 0 saturated carbocycles. The van der Waals surface area contributed by atoms with Crippen molar-refractivity contribution in [1.29, 1.82) is 0 Å². The third-order valence-corrected chi connectivity index (χ3v) is 5.01. The van der Waals surface area contributed by atoms with Crippen molar-refractivity contribution in [3.8, 4) is 11.5 Å². The van der Waals surface area contributed by atoms with Crippen LogP contribution in [0.2, 0.25) is 0 Å². The van der Waals surface area contributed by atoms with Crippen LogP contribution in [0.5, 0.6) is 11.5 Å². The van der Waals surface area contributed by atoms with Crippen LogP contribution in [-0.4, -0.2) is 52.5 Å². The van der Waals surface area contributed by atoms with E-state index in [1.165, 1.54) is 31.4 Å². The Bertz CT molecular complexity index is 785. The van der Waals surface area contributed by atoms with E-state index in [0.717, 1.165) is 0 Å². The lowest BCUT2D eigenvalue weighted by atomic mass is 10.0. The highest BCUT2D eigenvalue weighted by molar-refractivity contribution is 14.1. The van der Waals surface area contributed by atoms with Gasteiger partial charge < -0.3 is 24.8 Å². The molecule has 2 rings (SSSR count). The van der Waals surface area contributed by atoms with Crippen LogP contribution in [0.3, 0.4) is 0 Å². The van der Waals surface area contributed by atoms with Gasteiger partial charge in [0.2, 0.25) is 0 Å². The minimum absolute atomic E-state index is 0.0271. The van der Waals surface area contributed by atoms with Gasteiger partial charge in [-0.25, -0.2) is 4.79 Å². The molecule has 3 N–H and O–H groups in total. The third kappa shape index (κ3) is 5.30. The number of phenols is 1. The second-order valence-electron chi connectivity index (χ2n) is 6.13. The van der Waals surface area contributed by atoms with E-state index in [2.05, 4.69) is 0 Å². The van der Waals surface area contributed by atoms with Crippen LogP contribution < -0.4 is 4.74 Å². The smallest absolute Gasteiger partial charge is 0.342 e. The number of phenolic OH excluding ortho intramolecular Hbond substituents is 1. The van der Waals surface area contributed by atoms with Gasteiger partial charge in [0.1, 0.15) is 29.3 Å². The number of carbonyl (C=O) groups excluding carboxylic acids is 2. The molecule has 1 heterocycles. The molecule has 3 atom stereocenters. The molecular formula is C19H21IO7. The van der Waals surface area contributed by atoms with E-state index >= 15 is 0 Å². The van der Waals surface area contributed by atoms with Gasteiger partial charge in [-0.3, -0.25) is 4.79 Å². The molecule has 1 aliphatic heterocycles. The number of Topliss-reactive ketones (excluding diaryl/α,β-unsaturated/α-hetero) is 1. The maximum Gasteiger partial charge on any atom is 0.342 e. The number of aliphatic hydroxyl groups is 2. The number of esters is 1. The van der Waals surface area contributed by atoms with Gasteiger partial charge in [0.05, 0.1) is 16.8 Å². The van der Waals surface area contributed by atoms with Gasteiger partial charge in [-0.1, -0.05) is 18.2 Å². The van der Waals surface area contributed by atoms with E-state index in [4.69, 9.17) is 9.47 Å². The lowest BCUT2D eigenvalue weighted by Crippen LogP contribution is -2.33. The maximum absolute atomic E-state index is 12.5. The second kappa shape index (κ2) is 9.34. The average molecular weight is 488 g/mol. The molecule has 27 heavy (non-hydrogen) atoms. The predicted octanol–water partition coefficient (Wildman–Crippen LogP) is 2.36. The standard InChI is InChI=1S/C19H21IO7/c1-10-6-7-13(20)17(23)18(24)14(21)5-3-4-11-8-12(26-2)9-15(22)16(11)19(25)27-10/h3-4,7-10,14,18,21-22,24H,5-6H2,1-2H3/b4-3+,13-7+/t10?,14?,18-/m1/s1. The summed E-state index contributed by atoms with van der Waals surface area (Å²) in [6, 6.07) is 2.85. The molecule has 0 aromatic heterocycles. The molecule has 1 aromatic rings. The number of hydrogen-bond acceptors (Lipinski definition) is 7. The van der Waals surface area contributed by atoms with E-state index in [-0.39, 0.29) is 27.7 Å². The van der Waals surface area contributed by atoms with Crippen LogP contribution >= 0.6 is 22.6 Å². The Kier molecular flexibility index (Phi) is 7.40.